The van der Waals surface area contributed by atoms with E-state index in [4.69, 9.17) is 21.1 Å². The van der Waals surface area contributed by atoms with Crippen LogP contribution in [-0.2, 0) is 11.2 Å². The van der Waals surface area contributed by atoms with Crippen molar-refractivity contribution < 1.29 is 19.4 Å². The summed E-state index contributed by atoms with van der Waals surface area (Å²) < 4.78 is 11.2. The predicted octanol–water partition coefficient (Wildman–Crippen LogP) is 5.39. The lowest BCUT2D eigenvalue weighted by molar-refractivity contribution is -0.138. The van der Waals surface area contributed by atoms with Crippen LogP contribution in [0.15, 0.2) is 29.6 Å². The number of rotatable bonds is 10. The molecule has 0 spiro atoms. The molecule has 0 saturated carbocycles. The number of thiophene rings is 1. The molecule has 136 valence electrons. The Morgan fingerprint density at radius 1 is 1.36 bits per heavy atom. The zero-order valence-electron chi connectivity index (χ0n) is 14.5. The lowest BCUT2D eigenvalue weighted by atomic mass is 9.97. The Balaban J connectivity index is 2.18. The van der Waals surface area contributed by atoms with Gasteiger partial charge in [-0.2, -0.15) is 0 Å². The summed E-state index contributed by atoms with van der Waals surface area (Å²) in [6.07, 6.45) is 3.52. The third-order valence-corrected chi connectivity index (χ3v) is 5.17. The van der Waals surface area contributed by atoms with E-state index in [-0.39, 0.29) is 0 Å². The van der Waals surface area contributed by atoms with E-state index in [1.54, 1.807) is 13.2 Å². The van der Waals surface area contributed by atoms with Gasteiger partial charge >= 0.3 is 5.97 Å². The van der Waals surface area contributed by atoms with Gasteiger partial charge in [-0.1, -0.05) is 37.4 Å². The van der Waals surface area contributed by atoms with Crippen LogP contribution in [0, 0.1) is 0 Å². The number of aliphatic carboxylic acids is 1. The second kappa shape index (κ2) is 9.68. The molecule has 1 heterocycles. The van der Waals surface area contributed by atoms with Gasteiger partial charge in [-0.3, -0.25) is 4.79 Å². The number of ether oxygens (including phenoxy) is 2. The van der Waals surface area contributed by atoms with E-state index >= 15 is 0 Å². The van der Waals surface area contributed by atoms with Crippen LogP contribution in [0.4, 0.5) is 0 Å². The van der Waals surface area contributed by atoms with Crippen LogP contribution in [0.5, 0.6) is 11.5 Å². The van der Waals surface area contributed by atoms with Crippen molar-refractivity contribution >= 4 is 28.9 Å². The van der Waals surface area contributed by atoms with Crippen molar-refractivity contribution in [3.05, 3.63) is 45.1 Å². The minimum Gasteiger partial charge on any atom is -0.493 e. The van der Waals surface area contributed by atoms with Gasteiger partial charge in [-0.25, -0.2) is 0 Å². The van der Waals surface area contributed by atoms with E-state index < -0.39 is 11.9 Å². The van der Waals surface area contributed by atoms with Crippen molar-refractivity contribution in [2.75, 3.05) is 13.7 Å². The maximum Gasteiger partial charge on any atom is 0.312 e. The van der Waals surface area contributed by atoms with Crippen LogP contribution < -0.4 is 9.47 Å². The first kappa shape index (κ1) is 19.6. The fourth-order valence-corrected chi connectivity index (χ4v) is 3.70. The maximum absolute atomic E-state index is 11.6. The lowest BCUT2D eigenvalue weighted by Gasteiger charge is -2.16. The lowest BCUT2D eigenvalue weighted by Crippen LogP contribution is -2.13. The second-order valence-electron chi connectivity index (χ2n) is 5.77. The van der Waals surface area contributed by atoms with Crippen molar-refractivity contribution in [3.8, 4) is 11.5 Å². The van der Waals surface area contributed by atoms with Gasteiger partial charge in [0.05, 0.1) is 24.7 Å². The molecule has 0 aliphatic rings. The Morgan fingerprint density at radius 3 is 2.76 bits per heavy atom. The molecule has 6 heteroatoms. The topological polar surface area (TPSA) is 55.8 Å². The summed E-state index contributed by atoms with van der Waals surface area (Å²) in [6.45, 7) is 2.71. The number of methoxy groups -OCH3 is 1. The van der Waals surface area contributed by atoms with Crippen molar-refractivity contribution in [1.29, 1.82) is 0 Å². The molecule has 1 N–H and O–H groups in total. The summed E-state index contributed by atoms with van der Waals surface area (Å²) in [6, 6.07) is 7.28. The molecule has 25 heavy (non-hydrogen) atoms. The summed E-state index contributed by atoms with van der Waals surface area (Å²) >= 11 is 7.81. The molecule has 0 aliphatic heterocycles. The third kappa shape index (κ3) is 5.38. The Labute approximate surface area is 157 Å². The monoisotopic (exact) mass is 382 g/mol. The first-order chi connectivity index (χ1) is 12.1. The van der Waals surface area contributed by atoms with Crippen molar-refractivity contribution in [2.24, 2.45) is 0 Å². The fraction of sp³-hybridized carbons (Fsp3) is 0.421. The molecule has 0 aliphatic carbocycles. The highest BCUT2D eigenvalue weighted by atomic mass is 35.5. The number of carboxylic acid groups (broad SMARTS) is 1. The predicted molar refractivity (Wildman–Crippen MR) is 101 cm³/mol. The minimum absolute atomic E-state index is 0.349. The van der Waals surface area contributed by atoms with Crippen molar-refractivity contribution in [3.63, 3.8) is 0 Å². The van der Waals surface area contributed by atoms with Gasteiger partial charge in [-0.05, 0) is 42.0 Å². The summed E-state index contributed by atoms with van der Waals surface area (Å²) in [4.78, 5) is 12.5. The van der Waals surface area contributed by atoms with E-state index in [1.807, 2.05) is 23.6 Å². The molecule has 4 nitrogen and oxygen atoms in total. The number of benzene rings is 1. The summed E-state index contributed by atoms with van der Waals surface area (Å²) in [5.41, 5.74) is 0.809. The van der Waals surface area contributed by atoms with Crippen LogP contribution >= 0.6 is 22.9 Å². The van der Waals surface area contributed by atoms with Crippen molar-refractivity contribution in [1.82, 2.24) is 0 Å². The molecule has 2 aromatic rings. The van der Waals surface area contributed by atoms with Crippen LogP contribution in [-0.4, -0.2) is 24.8 Å². The van der Waals surface area contributed by atoms with Crippen LogP contribution in [0.2, 0.25) is 5.02 Å². The summed E-state index contributed by atoms with van der Waals surface area (Å²) in [5, 5.41) is 11.9. The SMILES string of the molecule is CCCCCOc1c(Cl)cc(CC(C(=O)O)c2cccs2)cc1OC. The largest absolute Gasteiger partial charge is 0.493 e. The van der Waals surface area contributed by atoms with Crippen LogP contribution in [0.25, 0.3) is 0 Å². The molecule has 1 aromatic carbocycles. The highest BCUT2D eigenvalue weighted by molar-refractivity contribution is 7.10. The molecule has 2 rings (SSSR count). The Kier molecular flexibility index (Phi) is 7.59. The standard InChI is InChI=1S/C19H23ClO4S/c1-3-4-5-8-24-18-15(20)11-13(12-16(18)23-2)10-14(19(21)22)17-7-6-9-25-17/h6-7,9,11-12,14H,3-5,8,10H2,1-2H3,(H,21,22). The minimum atomic E-state index is -0.850. The van der Waals surface area contributed by atoms with Crippen LogP contribution in [0.3, 0.4) is 0 Å². The Morgan fingerprint density at radius 2 is 2.16 bits per heavy atom. The zero-order chi connectivity index (χ0) is 18.2. The highest BCUT2D eigenvalue weighted by Crippen LogP contribution is 2.38. The normalized spacial score (nSPS) is 12.0. The fourth-order valence-electron chi connectivity index (χ4n) is 2.59. The number of carbonyl (C=O) groups is 1. The number of hydrogen-bond donors (Lipinski definition) is 1. The highest BCUT2D eigenvalue weighted by Gasteiger charge is 2.23. The van der Waals surface area contributed by atoms with Gasteiger partial charge < -0.3 is 14.6 Å². The molecule has 1 aromatic heterocycles. The molecule has 1 unspecified atom stereocenters. The Bertz CT molecular complexity index is 685. The van der Waals surface area contributed by atoms with E-state index in [0.29, 0.717) is 29.5 Å². The molecule has 1 atom stereocenters. The van der Waals surface area contributed by atoms with E-state index in [0.717, 1.165) is 29.7 Å². The number of hydrogen-bond acceptors (Lipinski definition) is 4. The quantitative estimate of drug-likeness (QED) is 0.559. The number of carboxylic acids is 1. The zero-order valence-corrected chi connectivity index (χ0v) is 16.0. The summed E-state index contributed by atoms with van der Waals surface area (Å²) in [7, 11) is 1.56. The van der Waals surface area contributed by atoms with E-state index in [9.17, 15) is 9.90 Å². The second-order valence-corrected chi connectivity index (χ2v) is 7.16. The van der Waals surface area contributed by atoms with Gasteiger partial charge in [0.15, 0.2) is 11.5 Å². The smallest absolute Gasteiger partial charge is 0.312 e. The van der Waals surface area contributed by atoms with Gasteiger partial charge in [0.2, 0.25) is 0 Å². The van der Waals surface area contributed by atoms with Gasteiger partial charge in [0.25, 0.3) is 0 Å². The first-order valence-corrected chi connectivity index (χ1v) is 9.58. The number of halogens is 1. The molecular formula is C19H23ClO4S. The van der Waals surface area contributed by atoms with Gasteiger partial charge in [0, 0.05) is 4.88 Å². The molecular weight excluding hydrogens is 360 g/mol. The van der Waals surface area contributed by atoms with Crippen molar-refractivity contribution in [2.45, 2.75) is 38.5 Å². The molecule has 0 amide bonds. The summed E-state index contributed by atoms with van der Waals surface area (Å²) in [5.74, 6) is -0.393. The molecule has 0 saturated heterocycles. The van der Waals surface area contributed by atoms with Gasteiger partial charge in [-0.15, -0.1) is 11.3 Å². The molecule has 0 radical (unpaired) electrons. The average molecular weight is 383 g/mol. The average Bonchev–Trinajstić information content (AvgIpc) is 3.11. The Hall–Kier alpha value is -1.72. The van der Waals surface area contributed by atoms with E-state index in [2.05, 4.69) is 6.92 Å². The molecule has 0 fully saturated rings. The van der Waals surface area contributed by atoms with Gasteiger partial charge in [0.1, 0.15) is 0 Å². The first-order valence-electron chi connectivity index (χ1n) is 8.32. The molecule has 0 bridgehead atoms. The van der Waals surface area contributed by atoms with E-state index in [1.165, 1.54) is 11.3 Å². The third-order valence-electron chi connectivity index (χ3n) is 3.91. The van der Waals surface area contributed by atoms with Crippen LogP contribution in [0.1, 0.15) is 42.5 Å². The maximum atomic E-state index is 11.6. The number of unbranched alkanes of at least 4 members (excludes halogenated alkanes) is 2.